The summed E-state index contributed by atoms with van der Waals surface area (Å²) in [6.07, 6.45) is 6.88. The molecule has 3 nitrogen and oxygen atoms in total. The fraction of sp³-hybridized carbons (Fsp3) is 0.300. The number of ether oxygens (including phenoxy) is 2. The Morgan fingerprint density at radius 1 is 1.46 bits per heavy atom. The van der Waals surface area contributed by atoms with Gasteiger partial charge < -0.3 is 9.47 Å². The molecule has 0 saturated heterocycles. The molecule has 0 rings (SSSR count). The van der Waals surface area contributed by atoms with E-state index >= 15 is 0 Å². The van der Waals surface area contributed by atoms with Crippen LogP contribution in [0.4, 0.5) is 0 Å². The number of carbonyl (C=O) groups is 1. The molecular weight excluding hydrogens is 168 g/mol. The number of allylic oxidation sites excluding steroid dienone is 3. The van der Waals surface area contributed by atoms with Crippen molar-refractivity contribution in [3.05, 3.63) is 36.6 Å². The third-order valence-electron chi connectivity index (χ3n) is 1.32. The van der Waals surface area contributed by atoms with Crippen molar-refractivity contribution in [2.45, 2.75) is 6.42 Å². The van der Waals surface area contributed by atoms with Crippen LogP contribution in [0.3, 0.4) is 0 Å². The van der Waals surface area contributed by atoms with Crippen LogP contribution in [0.5, 0.6) is 0 Å². The molecule has 0 radical (unpaired) electrons. The van der Waals surface area contributed by atoms with Crippen molar-refractivity contribution in [1.82, 2.24) is 0 Å². The van der Waals surface area contributed by atoms with Crippen molar-refractivity contribution in [1.29, 1.82) is 0 Å². The Morgan fingerprint density at radius 3 is 2.62 bits per heavy atom. The third kappa shape index (κ3) is 4.85. The second-order valence-electron chi connectivity index (χ2n) is 2.24. The molecule has 0 unspecified atom stereocenters. The van der Waals surface area contributed by atoms with Crippen LogP contribution in [0, 0.1) is 0 Å². The van der Waals surface area contributed by atoms with Crippen LogP contribution in [-0.4, -0.2) is 20.2 Å². The van der Waals surface area contributed by atoms with Gasteiger partial charge in [0, 0.05) is 5.57 Å². The minimum Gasteiger partial charge on any atom is -0.504 e. The second kappa shape index (κ2) is 7.16. The van der Waals surface area contributed by atoms with Gasteiger partial charge in [0.25, 0.3) is 0 Å². The first-order valence-electron chi connectivity index (χ1n) is 3.84. The van der Waals surface area contributed by atoms with E-state index in [9.17, 15) is 4.79 Å². The van der Waals surface area contributed by atoms with Crippen LogP contribution in [0.1, 0.15) is 6.42 Å². The summed E-state index contributed by atoms with van der Waals surface area (Å²) in [5.74, 6) is -0.347. The van der Waals surface area contributed by atoms with E-state index in [0.29, 0.717) is 12.0 Å². The first-order chi connectivity index (χ1) is 6.26. The zero-order chi connectivity index (χ0) is 10.1. The third-order valence-corrected chi connectivity index (χ3v) is 1.32. The average Bonchev–Trinajstić information content (AvgIpc) is 2.16. The van der Waals surface area contributed by atoms with E-state index in [4.69, 9.17) is 0 Å². The largest absolute Gasteiger partial charge is 0.504 e. The SMILES string of the molecule is C=CC/C(=C/C=C/OC)C(=O)OC. The Labute approximate surface area is 78.3 Å². The van der Waals surface area contributed by atoms with Crippen molar-refractivity contribution in [2.75, 3.05) is 14.2 Å². The molecule has 0 atom stereocenters. The van der Waals surface area contributed by atoms with Crippen LogP contribution >= 0.6 is 0 Å². The Hall–Kier alpha value is -1.51. The smallest absolute Gasteiger partial charge is 0.334 e. The lowest BCUT2D eigenvalue weighted by Gasteiger charge is -1.99. The number of hydrogen-bond donors (Lipinski definition) is 0. The lowest BCUT2D eigenvalue weighted by molar-refractivity contribution is -0.136. The highest BCUT2D eigenvalue weighted by Gasteiger charge is 2.05. The maximum Gasteiger partial charge on any atom is 0.334 e. The molecule has 0 aliphatic carbocycles. The van der Waals surface area contributed by atoms with Gasteiger partial charge in [0.15, 0.2) is 0 Å². The molecule has 13 heavy (non-hydrogen) atoms. The van der Waals surface area contributed by atoms with Gasteiger partial charge in [-0.2, -0.15) is 0 Å². The number of hydrogen-bond acceptors (Lipinski definition) is 3. The van der Waals surface area contributed by atoms with E-state index in [2.05, 4.69) is 16.1 Å². The quantitative estimate of drug-likeness (QED) is 0.214. The summed E-state index contributed by atoms with van der Waals surface area (Å²) in [6.45, 7) is 3.54. The molecule has 0 amide bonds. The Morgan fingerprint density at radius 2 is 2.15 bits per heavy atom. The van der Waals surface area contributed by atoms with Crippen molar-refractivity contribution in [3.63, 3.8) is 0 Å². The first kappa shape index (κ1) is 11.5. The molecule has 0 N–H and O–H groups in total. The molecule has 0 heterocycles. The van der Waals surface area contributed by atoms with Gasteiger partial charge in [-0.05, 0) is 18.6 Å². The molecule has 0 aromatic heterocycles. The molecule has 0 aliphatic rings. The van der Waals surface area contributed by atoms with Crippen molar-refractivity contribution in [2.24, 2.45) is 0 Å². The maximum absolute atomic E-state index is 11.1. The highest BCUT2D eigenvalue weighted by Crippen LogP contribution is 2.04. The number of esters is 1. The van der Waals surface area contributed by atoms with Crippen LogP contribution < -0.4 is 0 Å². The molecule has 0 aliphatic heterocycles. The molecule has 0 aromatic carbocycles. The zero-order valence-electron chi connectivity index (χ0n) is 7.95. The van der Waals surface area contributed by atoms with Gasteiger partial charge in [-0.15, -0.1) is 6.58 Å². The molecule has 3 heteroatoms. The van der Waals surface area contributed by atoms with Crippen molar-refractivity contribution >= 4 is 5.97 Å². The Balaban J connectivity index is 4.39. The number of methoxy groups -OCH3 is 2. The van der Waals surface area contributed by atoms with E-state index in [1.54, 1.807) is 18.2 Å². The summed E-state index contributed by atoms with van der Waals surface area (Å²) >= 11 is 0. The van der Waals surface area contributed by atoms with Crippen molar-refractivity contribution < 1.29 is 14.3 Å². The molecule has 0 fully saturated rings. The fourth-order valence-electron chi connectivity index (χ4n) is 0.740. The summed E-state index contributed by atoms with van der Waals surface area (Å²) in [5, 5.41) is 0. The summed E-state index contributed by atoms with van der Waals surface area (Å²) < 4.78 is 9.25. The van der Waals surface area contributed by atoms with Gasteiger partial charge in [-0.3, -0.25) is 0 Å². The van der Waals surface area contributed by atoms with E-state index in [1.807, 2.05) is 0 Å². The average molecular weight is 182 g/mol. The van der Waals surface area contributed by atoms with Crippen molar-refractivity contribution in [3.8, 4) is 0 Å². The predicted octanol–water partition coefficient (Wildman–Crippen LogP) is 1.82. The van der Waals surface area contributed by atoms with Gasteiger partial charge in [0.1, 0.15) is 0 Å². The fourth-order valence-corrected chi connectivity index (χ4v) is 0.740. The number of carbonyl (C=O) groups excluding carboxylic acids is 1. The van der Waals surface area contributed by atoms with E-state index in [1.165, 1.54) is 20.5 Å². The lowest BCUT2D eigenvalue weighted by Crippen LogP contribution is -2.03. The standard InChI is InChI=1S/C10H14O3/c1-4-6-9(10(11)13-3)7-5-8-12-2/h4-5,7-8H,1,6H2,2-3H3/b8-5+,9-7-. The normalized spacial score (nSPS) is 11.4. The topological polar surface area (TPSA) is 35.5 Å². The first-order valence-corrected chi connectivity index (χ1v) is 3.84. The summed E-state index contributed by atoms with van der Waals surface area (Å²) in [6, 6.07) is 0. The van der Waals surface area contributed by atoms with Crippen LogP contribution in [0.2, 0.25) is 0 Å². The van der Waals surface area contributed by atoms with E-state index in [-0.39, 0.29) is 5.97 Å². The van der Waals surface area contributed by atoms with Gasteiger partial charge in [-0.1, -0.05) is 6.08 Å². The van der Waals surface area contributed by atoms with E-state index in [0.717, 1.165) is 0 Å². The van der Waals surface area contributed by atoms with Gasteiger partial charge in [-0.25, -0.2) is 4.79 Å². The molecule has 0 spiro atoms. The minimum absolute atomic E-state index is 0.347. The summed E-state index contributed by atoms with van der Waals surface area (Å²) in [5.41, 5.74) is 0.547. The summed E-state index contributed by atoms with van der Waals surface area (Å²) in [7, 11) is 2.88. The lowest BCUT2D eigenvalue weighted by atomic mass is 10.2. The predicted molar refractivity (Wildman–Crippen MR) is 51.1 cm³/mol. The highest BCUT2D eigenvalue weighted by molar-refractivity contribution is 5.88. The zero-order valence-corrected chi connectivity index (χ0v) is 7.95. The van der Waals surface area contributed by atoms with Gasteiger partial charge in [0.05, 0.1) is 20.5 Å². The Kier molecular flexibility index (Phi) is 6.32. The molecule has 0 bridgehead atoms. The summed E-state index contributed by atoms with van der Waals surface area (Å²) in [4.78, 5) is 11.1. The van der Waals surface area contributed by atoms with E-state index < -0.39 is 0 Å². The van der Waals surface area contributed by atoms with Gasteiger partial charge in [0.2, 0.25) is 0 Å². The maximum atomic E-state index is 11.1. The van der Waals surface area contributed by atoms with Gasteiger partial charge >= 0.3 is 5.97 Å². The second-order valence-corrected chi connectivity index (χ2v) is 2.24. The Bertz CT molecular complexity index is 226. The van der Waals surface area contributed by atoms with Crippen LogP contribution in [0.15, 0.2) is 36.6 Å². The highest BCUT2D eigenvalue weighted by atomic mass is 16.5. The molecular formula is C10H14O3. The molecule has 0 saturated carbocycles. The minimum atomic E-state index is -0.347. The van der Waals surface area contributed by atoms with Crippen LogP contribution in [0.25, 0.3) is 0 Å². The number of rotatable bonds is 5. The molecule has 72 valence electrons. The van der Waals surface area contributed by atoms with Crippen LogP contribution in [-0.2, 0) is 14.3 Å². The molecule has 0 aromatic rings. The monoisotopic (exact) mass is 182 g/mol.